The second kappa shape index (κ2) is 7.83. The molecule has 0 saturated heterocycles. The van der Waals surface area contributed by atoms with Crippen LogP contribution in [-0.2, 0) is 6.42 Å². The molecule has 20 heavy (non-hydrogen) atoms. The summed E-state index contributed by atoms with van der Waals surface area (Å²) in [5.74, 6) is 1.29. The van der Waals surface area contributed by atoms with E-state index in [4.69, 9.17) is 15.2 Å². The first-order valence-electron chi connectivity index (χ1n) is 6.15. The van der Waals surface area contributed by atoms with E-state index >= 15 is 0 Å². The zero-order valence-electron chi connectivity index (χ0n) is 11.7. The molecule has 1 aromatic carbocycles. The fourth-order valence-corrected chi connectivity index (χ4v) is 1.73. The third-order valence-corrected chi connectivity index (χ3v) is 2.41. The molecule has 0 aliphatic heterocycles. The molecule has 0 saturated carbocycles. The predicted molar refractivity (Wildman–Crippen MR) is 78.4 cm³/mol. The second-order valence-corrected chi connectivity index (χ2v) is 3.87. The van der Waals surface area contributed by atoms with Crippen LogP contribution in [0.2, 0.25) is 0 Å². The van der Waals surface area contributed by atoms with E-state index in [1.54, 1.807) is 19.3 Å². The average Bonchev–Trinajstić information content (AvgIpc) is 2.39. The van der Waals surface area contributed by atoms with Gasteiger partial charge in [-0.1, -0.05) is 6.08 Å². The molecule has 6 heteroatoms. The molecule has 0 radical (unpaired) electrons. The van der Waals surface area contributed by atoms with Crippen LogP contribution in [0.15, 0.2) is 29.9 Å². The lowest BCUT2D eigenvalue weighted by Gasteiger charge is -2.14. The van der Waals surface area contributed by atoms with Gasteiger partial charge in [-0.25, -0.2) is 10.2 Å². The number of hydrogen-bond donors (Lipinski definition) is 2. The molecule has 0 fully saturated rings. The number of nitrogens with two attached hydrogens (primary N) is 1. The Kier molecular flexibility index (Phi) is 6.09. The van der Waals surface area contributed by atoms with Gasteiger partial charge >= 0.3 is 6.03 Å². The number of benzene rings is 1. The number of urea groups is 1. The standard InChI is InChI=1S/C14H19N3O3/c1-4-6-11-7-10(9-16-17-14(15)18)8-12(20-5-2)13(11)19-3/h4,7-9H,1,5-6H2,2-3H3,(H3,15,17,18). The van der Waals surface area contributed by atoms with Crippen LogP contribution in [0, 0.1) is 0 Å². The topological polar surface area (TPSA) is 85.9 Å². The number of carbonyl (C=O) groups is 1. The van der Waals surface area contributed by atoms with Crippen molar-refractivity contribution in [1.29, 1.82) is 0 Å². The molecule has 2 amide bonds. The van der Waals surface area contributed by atoms with Crippen molar-refractivity contribution < 1.29 is 14.3 Å². The molecule has 0 heterocycles. The van der Waals surface area contributed by atoms with E-state index in [1.807, 2.05) is 13.0 Å². The maximum atomic E-state index is 10.6. The van der Waals surface area contributed by atoms with Crippen LogP contribution >= 0.6 is 0 Å². The molecule has 1 aromatic rings. The smallest absolute Gasteiger partial charge is 0.332 e. The van der Waals surface area contributed by atoms with Gasteiger partial charge in [-0.3, -0.25) is 0 Å². The van der Waals surface area contributed by atoms with Gasteiger partial charge in [0.05, 0.1) is 19.9 Å². The number of primary amides is 1. The first-order chi connectivity index (χ1) is 9.62. The van der Waals surface area contributed by atoms with E-state index in [1.165, 1.54) is 6.21 Å². The maximum Gasteiger partial charge on any atom is 0.332 e. The first kappa shape index (κ1) is 15.6. The lowest BCUT2D eigenvalue weighted by atomic mass is 10.1. The molecule has 0 spiro atoms. The van der Waals surface area contributed by atoms with Gasteiger partial charge in [0.25, 0.3) is 0 Å². The summed E-state index contributed by atoms with van der Waals surface area (Å²) in [6.07, 6.45) is 3.89. The second-order valence-electron chi connectivity index (χ2n) is 3.87. The Morgan fingerprint density at radius 1 is 1.55 bits per heavy atom. The van der Waals surface area contributed by atoms with Crippen LogP contribution in [-0.4, -0.2) is 26.0 Å². The van der Waals surface area contributed by atoms with Crippen molar-refractivity contribution in [2.45, 2.75) is 13.3 Å². The molecule has 0 unspecified atom stereocenters. The fourth-order valence-electron chi connectivity index (χ4n) is 1.73. The number of rotatable bonds is 7. The van der Waals surface area contributed by atoms with Crippen LogP contribution in [0.5, 0.6) is 11.5 Å². The van der Waals surface area contributed by atoms with Gasteiger partial charge in [-0.2, -0.15) is 5.10 Å². The summed E-state index contributed by atoms with van der Waals surface area (Å²) in [4.78, 5) is 10.6. The average molecular weight is 277 g/mol. The molecule has 0 aliphatic rings. The van der Waals surface area contributed by atoms with E-state index in [0.29, 0.717) is 24.5 Å². The van der Waals surface area contributed by atoms with E-state index in [9.17, 15) is 4.79 Å². The molecule has 108 valence electrons. The number of carbonyl (C=O) groups excluding carboxylic acids is 1. The van der Waals surface area contributed by atoms with Crippen LogP contribution in [0.4, 0.5) is 4.79 Å². The third-order valence-electron chi connectivity index (χ3n) is 2.41. The maximum absolute atomic E-state index is 10.6. The van der Waals surface area contributed by atoms with Gasteiger partial charge < -0.3 is 15.2 Å². The number of ether oxygens (including phenoxy) is 2. The molecule has 0 aromatic heterocycles. The van der Waals surface area contributed by atoms with Crippen molar-refractivity contribution in [3.63, 3.8) is 0 Å². The van der Waals surface area contributed by atoms with Gasteiger partial charge in [0.1, 0.15) is 0 Å². The van der Waals surface area contributed by atoms with Gasteiger partial charge in [-0.05, 0) is 31.0 Å². The summed E-state index contributed by atoms with van der Waals surface area (Å²) in [7, 11) is 1.59. The summed E-state index contributed by atoms with van der Waals surface area (Å²) >= 11 is 0. The summed E-state index contributed by atoms with van der Waals surface area (Å²) < 4.78 is 10.9. The van der Waals surface area contributed by atoms with Crippen LogP contribution in [0.25, 0.3) is 0 Å². The van der Waals surface area contributed by atoms with Crippen LogP contribution in [0.1, 0.15) is 18.1 Å². The molecular weight excluding hydrogens is 258 g/mol. The van der Waals surface area contributed by atoms with E-state index in [0.717, 1.165) is 11.1 Å². The Balaban J connectivity index is 3.15. The number of hydrazone groups is 1. The Hall–Kier alpha value is -2.50. The summed E-state index contributed by atoms with van der Waals surface area (Å²) in [5, 5.41) is 3.73. The minimum atomic E-state index is -0.717. The van der Waals surface area contributed by atoms with Crippen molar-refractivity contribution in [3.05, 3.63) is 35.9 Å². The van der Waals surface area contributed by atoms with Crippen molar-refractivity contribution in [2.24, 2.45) is 10.8 Å². The third kappa shape index (κ3) is 4.31. The number of allylic oxidation sites excluding steroid dienone is 1. The highest BCUT2D eigenvalue weighted by Crippen LogP contribution is 2.33. The molecular formula is C14H19N3O3. The lowest BCUT2D eigenvalue weighted by Crippen LogP contribution is -2.24. The minimum Gasteiger partial charge on any atom is -0.493 e. The van der Waals surface area contributed by atoms with Crippen molar-refractivity contribution in [1.82, 2.24) is 5.43 Å². The summed E-state index contributed by atoms with van der Waals surface area (Å²) in [5.41, 5.74) is 8.77. The highest BCUT2D eigenvalue weighted by atomic mass is 16.5. The highest BCUT2D eigenvalue weighted by molar-refractivity contribution is 5.83. The van der Waals surface area contributed by atoms with Crippen molar-refractivity contribution >= 4 is 12.2 Å². The number of amides is 2. The monoisotopic (exact) mass is 277 g/mol. The SMILES string of the molecule is C=CCc1cc(C=NNC(N)=O)cc(OCC)c1OC. The molecule has 0 bridgehead atoms. The highest BCUT2D eigenvalue weighted by Gasteiger charge is 2.11. The quantitative estimate of drug-likeness (QED) is 0.453. The van der Waals surface area contributed by atoms with Crippen molar-refractivity contribution in [2.75, 3.05) is 13.7 Å². The Morgan fingerprint density at radius 2 is 2.30 bits per heavy atom. The predicted octanol–water partition coefficient (Wildman–Crippen LogP) is 1.82. The lowest BCUT2D eigenvalue weighted by molar-refractivity contribution is 0.249. The Morgan fingerprint density at radius 3 is 2.85 bits per heavy atom. The largest absolute Gasteiger partial charge is 0.493 e. The molecule has 0 aliphatic carbocycles. The fraction of sp³-hybridized carbons (Fsp3) is 0.286. The zero-order valence-corrected chi connectivity index (χ0v) is 11.7. The Bertz CT molecular complexity index is 513. The van der Waals surface area contributed by atoms with Gasteiger partial charge in [0, 0.05) is 5.56 Å². The van der Waals surface area contributed by atoms with E-state index in [-0.39, 0.29) is 0 Å². The van der Waals surface area contributed by atoms with E-state index < -0.39 is 6.03 Å². The number of methoxy groups -OCH3 is 1. The zero-order chi connectivity index (χ0) is 15.0. The van der Waals surface area contributed by atoms with Crippen molar-refractivity contribution in [3.8, 4) is 11.5 Å². The summed E-state index contributed by atoms with van der Waals surface area (Å²) in [6, 6.07) is 2.95. The molecule has 0 atom stereocenters. The molecule has 3 N–H and O–H groups in total. The number of hydrogen-bond acceptors (Lipinski definition) is 4. The van der Waals surface area contributed by atoms with E-state index in [2.05, 4.69) is 17.1 Å². The Labute approximate surface area is 118 Å². The first-order valence-corrected chi connectivity index (χ1v) is 6.15. The summed E-state index contributed by atoms with van der Waals surface area (Å²) in [6.45, 7) is 6.13. The molecule has 6 nitrogen and oxygen atoms in total. The van der Waals surface area contributed by atoms with Gasteiger partial charge in [-0.15, -0.1) is 6.58 Å². The van der Waals surface area contributed by atoms with Gasteiger partial charge in [0.2, 0.25) is 0 Å². The van der Waals surface area contributed by atoms with Crippen LogP contribution in [0.3, 0.4) is 0 Å². The minimum absolute atomic E-state index is 0.518. The normalized spacial score (nSPS) is 10.3. The molecule has 1 rings (SSSR count). The van der Waals surface area contributed by atoms with Crippen LogP contribution < -0.4 is 20.6 Å². The van der Waals surface area contributed by atoms with Gasteiger partial charge in [0.15, 0.2) is 11.5 Å². The number of nitrogens with one attached hydrogen (secondary N) is 1. The number of nitrogens with zero attached hydrogens (tertiary/aromatic N) is 1.